The van der Waals surface area contributed by atoms with Crippen LogP contribution in [0.3, 0.4) is 0 Å². The van der Waals surface area contributed by atoms with Crippen molar-refractivity contribution in [1.82, 2.24) is 4.98 Å². The summed E-state index contributed by atoms with van der Waals surface area (Å²) in [5.74, 6) is 0.399. The van der Waals surface area contributed by atoms with E-state index in [0.29, 0.717) is 17.0 Å². The van der Waals surface area contributed by atoms with E-state index in [4.69, 9.17) is 4.74 Å². The van der Waals surface area contributed by atoms with Crippen molar-refractivity contribution < 1.29 is 9.53 Å². The Morgan fingerprint density at radius 3 is 2.60 bits per heavy atom. The van der Waals surface area contributed by atoms with Gasteiger partial charge in [0.2, 0.25) is 0 Å². The van der Waals surface area contributed by atoms with Crippen molar-refractivity contribution in [1.29, 1.82) is 0 Å². The molecule has 0 radical (unpaired) electrons. The number of ether oxygens (including phenoxy) is 1. The summed E-state index contributed by atoms with van der Waals surface area (Å²) in [6.45, 7) is 0. The molecule has 0 aliphatic rings. The first-order valence-corrected chi connectivity index (χ1v) is 9.16. The summed E-state index contributed by atoms with van der Waals surface area (Å²) in [5.41, 5.74) is 2.93. The summed E-state index contributed by atoms with van der Waals surface area (Å²) in [4.78, 5) is 17.0. The van der Waals surface area contributed by atoms with Crippen LogP contribution in [0, 0.1) is 0 Å². The van der Waals surface area contributed by atoms with Gasteiger partial charge in [-0.15, -0.1) is 11.3 Å². The number of carbonyl (C=O) groups is 1. The predicted octanol–water partition coefficient (Wildman–Crippen LogP) is 4.88. The zero-order valence-electron chi connectivity index (χ0n) is 13.7. The lowest BCUT2D eigenvalue weighted by atomic mass is 10.1. The van der Waals surface area contributed by atoms with Gasteiger partial charge in [-0.3, -0.25) is 4.79 Å². The van der Waals surface area contributed by atoms with Crippen molar-refractivity contribution in [3.05, 3.63) is 57.9 Å². The number of benzene rings is 2. The number of hydrogen-bond acceptors (Lipinski definition) is 5. The molecule has 0 bridgehead atoms. The van der Waals surface area contributed by atoms with E-state index >= 15 is 0 Å². The molecule has 0 spiro atoms. The van der Waals surface area contributed by atoms with Crippen LogP contribution in [0.15, 0.2) is 52.3 Å². The fourth-order valence-corrected chi connectivity index (χ4v) is 3.23. The van der Waals surface area contributed by atoms with Gasteiger partial charge in [-0.05, 0) is 42.5 Å². The first-order valence-electron chi connectivity index (χ1n) is 7.49. The van der Waals surface area contributed by atoms with Gasteiger partial charge in [0.25, 0.3) is 5.91 Å². The van der Waals surface area contributed by atoms with Crippen molar-refractivity contribution >= 4 is 44.0 Å². The number of carbonyl (C=O) groups excluding carboxylic acids is 1. The molecule has 1 heterocycles. The molecule has 3 aromatic rings. The van der Waals surface area contributed by atoms with Crippen LogP contribution in [0.25, 0.3) is 11.3 Å². The van der Waals surface area contributed by atoms with E-state index < -0.39 is 0 Å². The Labute approximate surface area is 158 Å². The minimum absolute atomic E-state index is 0.197. The van der Waals surface area contributed by atoms with Crippen LogP contribution in [0.1, 0.15) is 10.4 Å². The van der Waals surface area contributed by atoms with Crippen LogP contribution in [0.2, 0.25) is 0 Å². The fraction of sp³-hybridized carbons (Fsp3) is 0.111. The first kappa shape index (κ1) is 17.4. The molecule has 1 amide bonds. The normalized spacial score (nSPS) is 10.4. The molecule has 0 atom stereocenters. The molecular weight excluding hydrogens is 402 g/mol. The predicted molar refractivity (Wildman–Crippen MR) is 106 cm³/mol. The number of methoxy groups -OCH3 is 1. The van der Waals surface area contributed by atoms with Gasteiger partial charge >= 0.3 is 0 Å². The minimum Gasteiger partial charge on any atom is -0.495 e. The molecule has 2 aromatic carbocycles. The van der Waals surface area contributed by atoms with E-state index in [1.807, 2.05) is 42.8 Å². The second kappa shape index (κ2) is 7.67. The lowest BCUT2D eigenvalue weighted by Gasteiger charge is -2.12. The molecule has 5 nitrogen and oxygen atoms in total. The summed E-state index contributed by atoms with van der Waals surface area (Å²) in [7, 11) is 3.41. The number of aromatic nitrogens is 1. The second-order valence-electron chi connectivity index (χ2n) is 5.16. The summed E-state index contributed by atoms with van der Waals surface area (Å²) < 4.78 is 6.29. The van der Waals surface area contributed by atoms with Crippen LogP contribution in [0.5, 0.6) is 5.75 Å². The first-order chi connectivity index (χ1) is 12.1. The van der Waals surface area contributed by atoms with Crippen LogP contribution in [0.4, 0.5) is 10.8 Å². The lowest BCUT2D eigenvalue weighted by molar-refractivity contribution is 0.102. The Balaban J connectivity index is 1.89. The average Bonchev–Trinajstić information content (AvgIpc) is 3.11. The zero-order valence-corrected chi connectivity index (χ0v) is 16.1. The maximum absolute atomic E-state index is 12.5. The summed E-state index contributed by atoms with van der Waals surface area (Å²) in [6.07, 6.45) is 0. The fourth-order valence-electron chi connectivity index (χ4n) is 2.28. The van der Waals surface area contributed by atoms with Gasteiger partial charge in [0.15, 0.2) is 5.13 Å². The molecule has 25 heavy (non-hydrogen) atoms. The molecule has 0 aliphatic carbocycles. The number of thiazole rings is 1. The Morgan fingerprint density at radius 2 is 1.96 bits per heavy atom. The summed E-state index contributed by atoms with van der Waals surface area (Å²) in [6, 6.07) is 12.8. The molecular formula is C18H16BrN3O2S. The SMILES string of the molecule is CNc1nc(-c2ccc(OC)c(NC(=O)c3ccc(Br)cc3)c2)cs1. The molecule has 3 rings (SSSR count). The van der Waals surface area contributed by atoms with Gasteiger partial charge < -0.3 is 15.4 Å². The molecule has 0 saturated heterocycles. The highest BCUT2D eigenvalue weighted by atomic mass is 79.9. The number of nitrogens with zero attached hydrogens (tertiary/aromatic N) is 1. The molecule has 0 saturated carbocycles. The topological polar surface area (TPSA) is 63.3 Å². The van der Waals surface area contributed by atoms with Crippen LogP contribution < -0.4 is 15.4 Å². The third-order valence-electron chi connectivity index (χ3n) is 3.57. The largest absolute Gasteiger partial charge is 0.495 e. The number of nitrogens with one attached hydrogen (secondary N) is 2. The maximum Gasteiger partial charge on any atom is 0.255 e. The highest BCUT2D eigenvalue weighted by molar-refractivity contribution is 9.10. The molecule has 0 fully saturated rings. The van der Waals surface area contributed by atoms with E-state index in [1.165, 1.54) is 11.3 Å². The molecule has 7 heteroatoms. The van der Waals surface area contributed by atoms with Crippen LogP contribution in [-0.2, 0) is 0 Å². The Hall–Kier alpha value is -2.38. The standard InChI is InChI=1S/C18H16BrN3O2S/c1-20-18-22-15(10-25-18)12-5-8-16(24-2)14(9-12)21-17(23)11-3-6-13(19)7-4-11/h3-10H,1-2H3,(H,20,22)(H,21,23). The highest BCUT2D eigenvalue weighted by Crippen LogP contribution is 2.32. The zero-order chi connectivity index (χ0) is 17.8. The second-order valence-corrected chi connectivity index (χ2v) is 6.94. The van der Waals surface area contributed by atoms with Crippen LogP contribution in [-0.4, -0.2) is 25.0 Å². The average molecular weight is 418 g/mol. The highest BCUT2D eigenvalue weighted by Gasteiger charge is 2.12. The third-order valence-corrected chi connectivity index (χ3v) is 4.96. The maximum atomic E-state index is 12.5. The van der Waals surface area contributed by atoms with Gasteiger partial charge in [0, 0.05) is 28.0 Å². The third kappa shape index (κ3) is 4.00. The number of hydrogen-bond donors (Lipinski definition) is 2. The van der Waals surface area contributed by atoms with E-state index in [1.54, 1.807) is 19.2 Å². The van der Waals surface area contributed by atoms with Gasteiger partial charge in [-0.1, -0.05) is 15.9 Å². The van der Waals surface area contributed by atoms with Gasteiger partial charge in [-0.25, -0.2) is 4.98 Å². The van der Waals surface area contributed by atoms with Crippen molar-refractivity contribution in [2.45, 2.75) is 0 Å². The molecule has 0 unspecified atom stereocenters. The summed E-state index contributed by atoms with van der Waals surface area (Å²) in [5, 5.41) is 8.74. The number of rotatable bonds is 5. The molecule has 1 aromatic heterocycles. The number of amides is 1. The number of anilines is 2. The molecule has 2 N–H and O–H groups in total. The number of halogens is 1. The van der Waals surface area contributed by atoms with Gasteiger partial charge in [0.05, 0.1) is 18.5 Å². The van der Waals surface area contributed by atoms with Crippen molar-refractivity contribution in [3.63, 3.8) is 0 Å². The van der Waals surface area contributed by atoms with Crippen molar-refractivity contribution in [2.75, 3.05) is 24.8 Å². The quantitative estimate of drug-likeness (QED) is 0.620. The Morgan fingerprint density at radius 1 is 1.20 bits per heavy atom. The summed E-state index contributed by atoms with van der Waals surface area (Å²) >= 11 is 4.89. The van der Waals surface area contributed by atoms with Crippen LogP contribution >= 0.6 is 27.3 Å². The Kier molecular flexibility index (Phi) is 5.35. The van der Waals surface area contributed by atoms with Gasteiger partial charge in [-0.2, -0.15) is 0 Å². The van der Waals surface area contributed by atoms with E-state index in [2.05, 4.69) is 31.5 Å². The van der Waals surface area contributed by atoms with Crippen molar-refractivity contribution in [3.8, 4) is 17.0 Å². The van der Waals surface area contributed by atoms with Gasteiger partial charge in [0.1, 0.15) is 5.75 Å². The van der Waals surface area contributed by atoms with E-state index in [9.17, 15) is 4.79 Å². The minimum atomic E-state index is -0.197. The molecule has 0 aliphatic heterocycles. The molecule has 128 valence electrons. The monoisotopic (exact) mass is 417 g/mol. The van der Waals surface area contributed by atoms with Crippen molar-refractivity contribution in [2.24, 2.45) is 0 Å². The van der Waals surface area contributed by atoms with E-state index in [0.717, 1.165) is 20.9 Å². The van der Waals surface area contributed by atoms with E-state index in [-0.39, 0.29) is 5.91 Å². The Bertz CT molecular complexity index is 894. The smallest absolute Gasteiger partial charge is 0.255 e. The lowest BCUT2D eigenvalue weighted by Crippen LogP contribution is -2.12.